The second kappa shape index (κ2) is 5.14. The topological polar surface area (TPSA) is 49.6 Å². The van der Waals surface area contributed by atoms with E-state index in [2.05, 4.69) is 27.3 Å². The zero-order valence-corrected chi connectivity index (χ0v) is 13.1. The first-order chi connectivity index (χ1) is 10.7. The van der Waals surface area contributed by atoms with Gasteiger partial charge in [-0.15, -0.1) is 11.3 Å². The second-order valence-electron chi connectivity index (χ2n) is 5.45. The zero-order valence-electron chi connectivity index (χ0n) is 12.2. The Kier molecular flexibility index (Phi) is 3.11. The summed E-state index contributed by atoms with van der Waals surface area (Å²) in [4.78, 5) is 19.9. The molecule has 1 aliphatic rings. The van der Waals surface area contributed by atoms with Gasteiger partial charge in [0.15, 0.2) is 4.96 Å². The van der Waals surface area contributed by atoms with Gasteiger partial charge in [0.2, 0.25) is 0 Å². The molecule has 3 heterocycles. The van der Waals surface area contributed by atoms with Crippen LogP contribution in [0.3, 0.4) is 0 Å². The van der Waals surface area contributed by atoms with Gasteiger partial charge in [-0.05, 0) is 19.1 Å². The molecule has 1 aliphatic heterocycles. The van der Waals surface area contributed by atoms with E-state index < -0.39 is 0 Å². The molecule has 3 aromatic rings. The minimum Gasteiger partial charge on any atom is -0.382 e. The molecule has 0 radical (unpaired) electrons. The number of anilines is 2. The van der Waals surface area contributed by atoms with E-state index in [4.69, 9.17) is 0 Å². The first-order valence-electron chi connectivity index (χ1n) is 7.27. The number of fused-ring (bicyclic) bond motifs is 2. The van der Waals surface area contributed by atoms with Gasteiger partial charge in [0.25, 0.3) is 5.56 Å². The van der Waals surface area contributed by atoms with Gasteiger partial charge < -0.3 is 10.2 Å². The van der Waals surface area contributed by atoms with Crippen LogP contribution in [0.2, 0.25) is 0 Å². The van der Waals surface area contributed by atoms with Gasteiger partial charge in [0.1, 0.15) is 0 Å². The molecule has 0 saturated carbocycles. The Morgan fingerprint density at radius 2 is 2.23 bits per heavy atom. The van der Waals surface area contributed by atoms with E-state index in [0.717, 1.165) is 40.8 Å². The molecular weight excluding hydrogens is 296 g/mol. The van der Waals surface area contributed by atoms with Crippen LogP contribution in [-0.4, -0.2) is 22.5 Å². The van der Waals surface area contributed by atoms with Crippen molar-refractivity contribution in [3.05, 3.63) is 57.5 Å². The average Bonchev–Trinajstić information content (AvgIpc) is 2.89. The van der Waals surface area contributed by atoms with E-state index in [-0.39, 0.29) is 5.56 Å². The van der Waals surface area contributed by atoms with Crippen molar-refractivity contribution in [3.63, 3.8) is 0 Å². The van der Waals surface area contributed by atoms with E-state index in [0.29, 0.717) is 6.54 Å². The number of aryl methyl sites for hydroxylation is 1. The van der Waals surface area contributed by atoms with E-state index >= 15 is 0 Å². The van der Waals surface area contributed by atoms with Crippen molar-refractivity contribution in [1.82, 2.24) is 9.38 Å². The molecule has 6 heteroatoms. The van der Waals surface area contributed by atoms with Crippen LogP contribution in [0.25, 0.3) is 4.96 Å². The Labute approximate surface area is 131 Å². The maximum atomic E-state index is 12.3. The summed E-state index contributed by atoms with van der Waals surface area (Å²) in [6.45, 7) is 4.39. The summed E-state index contributed by atoms with van der Waals surface area (Å²) in [5.74, 6) is 0. The number of hydrogen-bond acceptors (Lipinski definition) is 5. The lowest BCUT2D eigenvalue weighted by atomic mass is 10.2. The summed E-state index contributed by atoms with van der Waals surface area (Å²) in [6, 6.07) is 9.89. The van der Waals surface area contributed by atoms with Crippen LogP contribution in [-0.2, 0) is 6.54 Å². The Balaban J connectivity index is 1.71. The minimum absolute atomic E-state index is 0.00201. The second-order valence-corrected chi connectivity index (χ2v) is 6.28. The molecule has 1 aromatic carbocycles. The third-order valence-electron chi connectivity index (χ3n) is 3.92. The van der Waals surface area contributed by atoms with Gasteiger partial charge in [-0.25, -0.2) is 4.98 Å². The van der Waals surface area contributed by atoms with Crippen molar-refractivity contribution in [2.24, 2.45) is 0 Å². The number of para-hydroxylation sites is 2. The van der Waals surface area contributed by atoms with Gasteiger partial charge in [-0.1, -0.05) is 12.1 Å². The number of nitrogens with one attached hydrogen (secondary N) is 1. The number of hydrogen-bond donors (Lipinski definition) is 1. The molecule has 4 rings (SSSR count). The molecule has 0 atom stereocenters. The van der Waals surface area contributed by atoms with Gasteiger partial charge in [-0.3, -0.25) is 9.20 Å². The lowest BCUT2D eigenvalue weighted by molar-refractivity contribution is 0.768. The third-order valence-corrected chi connectivity index (χ3v) is 4.87. The predicted octanol–water partition coefficient (Wildman–Crippen LogP) is 2.50. The number of nitrogens with zero attached hydrogens (tertiary/aromatic N) is 3. The molecule has 5 nitrogen and oxygen atoms in total. The molecule has 0 unspecified atom stereocenters. The normalized spacial score (nSPS) is 14.0. The highest BCUT2D eigenvalue weighted by Gasteiger charge is 2.17. The van der Waals surface area contributed by atoms with Gasteiger partial charge >= 0.3 is 0 Å². The van der Waals surface area contributed by atoms with Crippen molar-refractivity contribution in [2.75, 3.05) is 23.3 Å². The Bertz CT molecular complexity index is 899. The van der Waals surface area contributed by atoms with Crippen LogP contribution in [0.1, 0.15) is 11.4 Å². The van der Waals surface area contributed by atoms with Gasteiger partial charge in [0.05, 0.1) is 23.6 Å². The number of aromatic nitrogens is 2. The molecule has 112 valence electrons. The van der Waals surface area contributed by atoms with Crippen molar-refractivity contribution in [3.8, 4) is 0 Å². The smallest absolute Gasteiger partial charge is 0.259 e. The summed E-state index contributed by atoms with van der Waals surface area (Å²) in [7, 11) is 0. The monoisotopic (exact) mass is 312 g/mol. The van der Waals surface area contributed by atoms with Crippen molar-refractivity contribution < 1.29 is 0 Å². The first-order valence-corrected chi connectivity index (χ1v) is 8.15. The van der Waals surface area contributed by atoms with Crippen LogP contribution in [0.15, 0.2) is 40.5 Å². The number of benzene rings is 1. The van der Waals surface area contributed by atoms with Gasteiger partial charge in [0, 0.05) is 30.2 Å². The maximum absolute atomic E-state index is 12.3. The minimum atomic E-state index is 0.00201. The summed E-state index contributed by atoms with van der Waals surface area (Å²) in [5.41, 5.74) is 4.07. The number of thiazole rings is 1. The van der Waals surface area contributed by atoms with Crippen LogP contribution in [0, 0.1) is 6.92 Å². The average molecular weight is 312 g/mol. The van der Waals surface area contributed by atoms with Crippen LogP contribution < -0.4 is 15.8 Å². The summed E-state index contributed by atoms with van der Waals surface area (Å²) < 4.78 is 1.67. The molecule has 0 spiro atoms. The highest BCUT2D eigenvalue weighted by Crippen LogP contribution is 2.29. The van der Waals surface area contributed by atoms with Crippen LogP contribution in [0.4, 0.5) is 11.4 Å². The van der Waals surface area contributed by atoms with E-state index in [1.807, 2.05) is 24.4 Å². The largest absolute Gasteiger partial charge is 0.382 e. The lowest BCUT2D eigenvalue weighted by Crippen LogP contribution is -2.34. The highest BCUT2D eigenvalue weighted by molar-refractivity contribution is 7.15. The quantitative estimate of drug-likeness (QED) is 0.790. The molecule has 0 bridgehead atoms. The standard InChI is InChI=1S/C16H16N4OS/c1-11-10-22-16-18-12(8-15(21)20(11)16)9-19-7-6-17-13-4-2-3-5-14(13)19/h2-5,8,10,17H,6-7,9H2,1H3. The highest BCUT2D eigenvalue weighted by atomic mass is 32.1. The summed E-state index contributed by atoms with van der Waals surface area (Å²) in [6.07, 6.45) is 0. The first kappa shape index (κ1) is 13.3. The van der Waals surface area contributed by atoms with Crippen molar-refractivity contribution in [2.45, 2.75) is 13.5 Å². The van der Waals surface area contributed by atoms with E-state index in [1.165, 1.54) is 11.3 Å². The van der Waals surface area contributed by atoms with Crippen molar-refractivity contribution >= 4 is 27.7 Å². The fourth-order valence-corrected chi connectivity index (χ4v) is 3.78. The van der Waals surface area contributed by atoms with Crippen molar-refractivity contribution in [1.29, 1.82) is 0 Å². The predicted molar refractivity (Wildman–Crippen MR) is 90.1 cm³/mol. The van der Waals surface area contributed by atoms with E-state index in [1.54, 1.807) is 10.5 Å². The Hall–Kier alpha value is -2.34. The molecule has 0 amide bonds. The molecular formula is C16H16N4OS. The molecule has 0 fully saturated rings. The molecule has 0 saturated heterocycles. The molecule has 2 aromatic heterocycles. The summed E-state index contributed by atoms with van der Waals surface area (Å²) >= 11 is 1.51. The Morgan fingerprint density at radius 1 is 1.36 bits per heavy atom. The molecule has 1 N–H and O–H groups in total. The SMILES string of the molecule is Cc1csc2nc(CN3CCNc4ccccc43)cc(=O)n12. The fourth-order valence-electron chi connectivity index (χ4n) is 2.89. The maximum Gasteiger partial charge on any atom is 0.259 e. The summed E-state index contributed by atoms with van der Waals surface area (Å²) in [5, 5.41) is 5.36. The lowest BCUT2D eigenvalue weighted by Gasteiger charge is -2.31. The Morgan fingerprint density at radius 3 is 3.14 bits per heavy atom. The molecule has 22 heavy (non-hydrogen) atoms. The third kappa shape index (κ3) is 2.16. The van der Waals surface area contributed by atoms with E-state index in [9.17, 15) is 4.79 Å². The molecule has 0 aliphatic carbocycles. The van der Waals surface area contributed by atoms with Crippen LogP contribution >= 0.6 is 11.3 Å². The van der Waals surface area contributed by atoms with Crippen LogP contribution in [0.5, 0.6) is 0 Å². The number of rotatable bonds is 2. The zero-order chi connectivity index (χ0) is 15.1. The fraction of sp³-hybridized carbons (Fsp3) is 0.250. The van der Waals surface area contributed by atoms with Gasteiger partial charge in [-0.2, -0.15) is 0 Å².